The maximum atomic E-state index is 11.6. The third-order valence-corrected chi connectivity index (χ3v) is 7.12. The minimum atomic E-state index is -1.37. The van der Waals surface area contributed by atoms with Crippen LogP contribution in [0, 0.1) is 17.8 Å². The van der Waals surface area contributed by atoms with Gasteiger partial charge in [-0.2, -0.15) is 11.8 Å². The maximum absolute atomic E-state index is 11.6. The Bertz CT molecular complexity index is 631. The van der Waals surface area contributed by atoms with Crippen LogP contribution >= 0.6 is 11.8 Å². The van der Waals surface area contributed by atoms with Crippen molar-refractivity contribution in [2.45, 2.75) is 111 Å². The molecule has 0 aliphatic carbocycles. The van der Waals surface area contributed by atoms with E-state index in [-0.39, 0.29) is 71.3 Å². The number of carboxylic acids is 2. The SMILES string of the molecule is C/C(=C\CSC[C@H](NC(=O)CCC(=O)[O-])C(=O)[O-])CCCC(C)CCCC(C)CCCC(C)C.[Na+].[Na+]. The van der Waals surface area contributed by atoms with Crippen molar-refractivity contribution in [3.05, 3.63) is 11.6 Å². The smallest absolute Gasteiger partial charge is 0.550 e. The molecule has 2 unspecified atom stereocenters. The molecular formula is C27H47NNa2O5S. The number of aliphatic carboxylic acids is 2. The van der Waals surface area contributed by atoms with Gasteiger partial charge in [0.1, 0.15) is 0 Å². The zero-order valence-electron chi connectivity index (χ0n) is 24.0. The van der Waals surface area contributed by atoms with E-state index in [1.165, 1.54) is 62.3 Å². The van der Waals surface area contributed by atoms with Crippen LogP contribution in [0.25, 0.3) is 0 Å². The second-order valence-corrected chi connectivity index (χ2v) is 11.3. The van der Waals surface area contributed by atoms with Gasteiger partial charge in [-0.15, -0.1) is 0 Å². The van der Waals surface area contributed by atoms with Gasteiger partial charge in [0, 0.05) is 23.9 Å². The van der Waals surface area contributed by atoms with E-state index in [1.807, 2.05) is 0 Å². The largest absolute Gasteiger partial charge is 1.00 e. The van der Waals surface area contributed by atoms with Gasteiger partial charge in [-0.3, -0.25) is 4.79 Å². The molecule has 36 heavy (non-hydrogen) atoms. The van der Waals surface area contributed by atoms with Gasteiger partial charge >= 0.3 is 59.1 Å². The minimum Gasteiger partial charge on any atom is -0.550 e. The predicted octanol–water partition coefficient (Wildman–Crippen LogP) is -2.12. The Morgan fingerprint density at radius 1 is 0.806 bits per heavy atom. The summed E-state index contributed by atoms with van der Waals surface area (Å²) in [5.41, 5.74) is 1.29. The molecule has 0 spiro atoms. The van der Waals surface area contributed by atoms with E-state index in [1.54, 1.807) is 0 Å². The van der Waals surface area contributed by atoms with Gasteiger partial charge in [0.25, 0.3) is 0 Å². The normalized spacial score (nSPS) is 13.8. The van der Waals surface area contributed by atoms with Crippen molar-refractivity contribution in [2.75, 3.05) is 11.5 Å². The topological polar surface area (TPSA) is 109 Å². The van der Waals surface area contributed by atoms with Crippen molar-refractivity contribution >= 4 is 29.6 Å². The maximum Gasteiger partial charge on any atom is 1.00 e. The first-order valence-corrected chi connectivity index (χ1v) is 14.1. The molecular weight excluding hydrogens is 496 g/mol. The Morgan fingerprint density at radius 3 is 1.83 bits per heavy atom. The molecule has 3 atom stereocenters. The Hall–Kier alpha value is 0.500. The quantitative estimate of drug-likeness (QED) is 0.101. The second-order valence-electron chi connectivity index (χ2n) is 10.3. The van der Waals surface area contributed by atoms with E-state index in [4.69, 9.17) is 0 Å². The first-order valence-electron chi connectivity index (χ1n) is 12.9. The fraction of sp³-hybridized carbons (Fsp3) is 0.815. The fourth-order valence-corrected chi connectivity index (χ4v) is 4.84. The molecule has 0 saturated heterocycles. The van der Waals surface area contributed by atoms with Crippen LogP contribution in [-0.2, 0) is 14.4 Å². The molecule has 6 nitrogen and oxygen atoms in total. The zero-order valence-corrected chi connectivity index (χ0v) is 28.8. The zero-order chi connectivity index (χ0) is 25.9. The van der Waals surface area contributed by atoms with Crippen molar-refractivity contribution in [1.29, 1.82) is 0 Å². The Kier molecular flexibility index (Phi) is 29.3. The van der Waals surface area contributed by atoms with E-state index in [2.05, 4.69) is 46.0 Å². The number of allylic oxidation sites excluding steroid dienone is 1. The van der Waals surface area contributed by atoms with E-state index in [0.29, 0.717) is 5.75 Å². The summed E-state index contributed by atoms with van der Waals surface area (Å²) in [4.78, 5) is 33.2. The molecule has 0 bridgehead atoms. The average molecular weight is 544 g/mol. The average Bonchev–Trinajstić information content (AvgIpc) is 2.73. The minimum absolute atomic E-state index is 0. The third kappa shape index (κ3) is 26.1. The molecule has 0 aliphatic heterocycles. The number of carbonyl (C=O) groups is 3. The monoisotopic (exact) mass is 543 g/mol. The standard InChI is InChI=1S/C27H49NO5S.2Na/c1-20(2)9-6-10-21(3)11-7-12-22(4)13-8-14-23(5)17-18-34-19-24(27(32)33)28-25(29)15-16-26(30)31;;/h17,20-22,24H,6-16,18-19H2,1-5H3,(H,28,29)(H,30,31)(H,32,33);;/q;2*+1/p-2/b23-17+;;/t21?,22?,24-;;/m0../s1. The summed E-state index contributed by atoms with van der Waals surface area (Å²) < 4.78 is 0. The number of carboxylic acid groups (broad SMARTS) is 2. The summed E-state index contributed by atoms with van der Waals surface area (Å²) in [7, 11) is 0. The van der Waals surface area contributed by atoms with Crippen LogP contribution in [0.4, 0.5) is 0 Å². The molecule has 0 fully saturated rings. The summed E-state index contributed by atoms with van der Waals surface area (Å²) in [5, 5.41) is 23.9. The number of carbonyl (C=O) groups excluding carboxylic acids is 3. The van der Waals surface area contributed by atoms with Crippen LogP contribution in [0.2, 0.25) is 0 Å². The third-order valence-electron chi connectivity index (χ3n) is 6.15. The number of rotatable bonds is 21. The molecule has 0 aromatic carbocycles. The molecule has 198 valence electrons. The molecule has 0 aliphatic rings. The molecule has 0 aromatic heterocycles. The van der Waals surface area contributed by atoms with Crippen LogP contribution in [0.3, 0.4) is 0 Å². The number of amides is 1. The van der Waals surface area contributed by atoms with Crippen LogP contribution in [0.1, 0.15) is 105 Å². The van der Waals surface area contributed by atoms with Crippen LogP contribution in [-0.4, -0.2) is 35.4 Å². The van der Waals surface area contributed by atoms with Crippen molar-refractivity contribution in [3.63, 3.8) is 0 Å². The van der Waals surface area contributed by atoms with Gasteiger partial charge in [0.05, 0.1) is 12.0 Å². The van der Waals surface area contributed by atoms with E-state index >= 15 is 0 Å². The molecule has 0 radical (unpaired) electrons. The molecule has 0 saturated carbocycles. The summed E-state index contributed by atoms with van der Waals surface area (Å²) >= 11 is 1.40. The second kappa shape index (κ2) is 25.8. The predicted molar refractivity (Wildman–Crippen MR) is 137 cm³/mol. The van der Waals surface area contributed by atoms with E-state index in [0.717, 1.165) is 30.6 Å². The van der Waals surface area contributed by atoms with Gasteiger partial charge in [0.15, 0.2) is 0 Å². The van der Waals surface area contributed by atoms with Gasteiger partial charge in [-0.05, 0) is 43.9 Å². The van der Waals surface area contributed by atoms with Gasteiger partial charge < -0.3 is 25.1 Å². The number of hydrogen-bond donors (Lipinski definition) is 1. The Morgan fingerprint density at radius 2 is 1.33 bits per heavy atom. The Labute approximate surface area is 268 Å². The number of hydrogen-bond acceptors (Lipinski definition) is 6. The van der Waals surface area contributed by atoms with Gasteiger partial charge in [-0.1, -0.05) is 84.3 Å². The molecule has 1 amide bonds. The molecule has 1 N–H and O–H groups in total. The summed E-state index contributed by atoms with van der Waals surface area (Å²) in [6.07, 6.45) is 12.8. The van der Waals surface area contributed by atoms with Crippen LogP contribution < -0.4 is 74.6 Å². The molecule has 0 heterocycles. The van der Waals surface area contributed by atoms with Crippen LogP contribution in [0.5, 0.6) is 0 Å². The molecule has 0 rings (SSSR count). The molecule has 9 heteroatoms. The number of nitrogens with one attached hydrogen (secondary N) is 1. The van der Waals surface area contributed by atoms with E-state index < -0.39 is 30.3 Å². The summed E-state index contributed by atoms with van der Waals surface area (Å²) in [5.74, 6) is -0.105. The fourth-order valence-electron chi connectivity index (χ4n) is 3.85. The first-order chi connectivity index (χ1) is 16.0. The Balaban J connectivity index is -0.00000544. The first kappa shape index (κ1) is 41.0. The molecule has 0 aromatic rings. The van der Waals surface area contributed by atoms with E-state index in [9.17, 15) is 24.6 Å². The van der Waals surface area contributed by atoms with Crippen LogP contribution in [0.15, 0.2) is 11.6 Å². The van der Waals surface area contributed by atoms with Crippen molar-refractivity contribution in [1.82, 2.24) is 5.32 Å². The summed E-state index contributed by atoms with van der Waals surface area (Å²) in [6.45, 7) is 11.4. The summed E-state index contributed by atoms with van der Waals surface area (Å²) in [6, 6.07) is -1.13. The number of thioether (sulfide) groups is 1. The van der Waals surface area contributed by atoms with Crippen molar-refractivity contribution in [2.24, 2.45) is 17.8 Å². The van der Waals surface area contributed by atoms with Gasteiger partial charge in [-0.25, -0.2) is 0 Å². The van der Waals surface area contributed by atoms with Crippen molar-refractivity contribution < 1.29 is 83.7 Å². The van der Waals surface area contributed by atoms with Gasteiger partial charge in [0.2, 0.25) is 5.91 Å². The van der Waals surface area contributed by atoms with Crippen molar-refractivity contribution in [3.8, 4) is 0 Å².